The molecule has 0 aromatic heterocycles. The van der Waals surface area contributed by atoms with Crippen molar-refractivity contribution in [2.45, 2.75) is 4.90 Å². The number of hydrogen-bond acceptors (Lipinski definition) is 6. The van der Waals surface area contributed by atoms with Gasteiger partial charge in [0.15, 0.2) is 5.75 Å². The third kappa shape index (κ3) is 4.05. The van der Waals surface area contributed by atoms with Gasteiger partial charge in [0.25, 0.3) is 0 Å². The summed E-state index contributed by atoms with van der Waals surface area (Å²) in [4.78, 5) is 6.88. The molecule has 170 valence electrons. The summed E-state index contributed by atoms with van der Waals surface area (Å²) < 4.78 is 52.5. The van der Waals surface area contributed by atoms with Gasteiger partial charge in [-0.15, -0.1) is 0 Å². The molecule has 2 heterocycles. The van der Waals surface area contributed by atoms with Gasteiger partial charge in [0, 0.05) is 26.2 Å². The highest BCUT2D eigenvalue weighted by atomic mass is 32.2. The largest absolute Gasteiger partial charge is 0.497 e. The fraction of sp³-hybridized carbons (Fsp3) is 0.208. The topological polar surface area (TPSA) is 71.4 Å². The number of nitrogens with zero attached hydrogens (tertiary/aromatic N) is 3. The van der Waals surface area contributed by atoms with E-state index in [0.29, 0.717) is 41.9 Å². The molecule has 0 bridgehead atoms. The van der Waals surface area contributed by atoms with E-state index in [1.165, 1.54) is 22.5 Å². The monoisotopic (exact) mass is 467 g/mol. The number of methoxy groups -OCH3 is 1. The molecule has 1 saturated heterocycles. The van der Waals surface area contributed by atoms with E-state index in [9.17, 15) is 12.8 Å². The molecule has 0 unspecified atom stereocenters. The summed E-state index contributed by atoms with van der Waals surface area (Å²) in [5.41, 5.74) is 1.46. The lowest BCUT2D eigenvalue weighted by molar-refractivity contribution is 0.266. The van der Waals surface area contributed by atoms with Crippen LogP contribution in [-0.2, 0) is 10.0 Å². The molecule has 33 heavy (non-hydrogen) atoms. The first-order valence-corrected chi connectivity index (χ1v) is 11.9. The predicted octanol–water partition coefficient (Wildman–Crippen LogP) is 4.02. The second-order valence-electron chi connectivity index (χ2n) is 7.72. The molecule has 7 nitrogen and oxygen atoms in total. The Hall–Kier alpha value is -3.43. The Morgan fingerprint density at radius 2 is 1.73 bits per heavy atom. The smallest absolute Gasteiger partial charge is 0.243 e. The molecule has 0 aliphatic carbocycles. The summed E-state index contributed by atoms with van der Waals surface area (Å²) in [7, 11) is -2.19. The number of amidine groups is 1. The third-order valence-electron chi connectivity index (χ3n) is 5.71. The average Bonchev–Trinajstić information content (AvgIpc) is 3.00. The summed E-state index contributed by atoms with van der Waals surface area (Å²) in [6.45, 7) is 1.34. The lowest BCUT2D eigenvalue weighted by Gasteiger charge is -2.36. The van der Waals surface area contributed by atoms with Crippen molar-refractivity contribution in [3.8, 4) is 17.2 Å². The zero-order valence-corrected chi connectivity index (χ0v) is 18.8. The van der Waals surface area contributed by atoms with E-state index in [-0.39, 0.29) is 18.0 Å². The van der Waals surface area contributed by atoms with Gasteiger partial charge in [-0.25, -0.2) is 17.8 Å². The van der Waals surface area contributed by atoms with Crippen molar-refractivity contribution in [3.05, 3.63) is 78.1 Å². The van der Waals surface area contributed by atoms with Crippen LogP contribution in [0.3, 0.4) is 0 Å². The van der Waals surface area contributed by atoms with Gasteiger partial charge in [-0.05, 0) is 48.5 Å². The first-order chi connectivity index (χ1) is 16.0. The van der Waals surface area contributed by atoms with E-state index < -0.39 is 15.8 Å². The number of sulfonamides is 1. The first kappa shape index (κ1) is 21.4. The number of fused-ring (bicyclic) bond motifs is 2. The SMILES string of the molecule is COc1ccc2c(c1)C(N1CCN(S(=O)(=O)c3cccc(F)c3)CC1)=Nc1ccccc1O2. The molecule has 0 atom stereocenters. The number of para-hydroxylation sites is 2. The van der Waals surface area contributed by atoms with Crippen LogP contribution in [0.25, 0.3) is 0 Å². The van der Waals surface area contributed by atoms with Gasteiger partial charge >= 0.3 is 0 Å². The molecule has 2 aliphatic heterocycles. The first-order valence-electron chi connectivity index (χ1n) is 10.5. The second-order valence-corrected chi connectivity index (χ2v) is 9.65. The summed E-state index contributed by atoms with van der Waals surface area (Å²) >= 11 is 0. The van der Waals surface area contributed by atoms with E-state index in [4.69, 9.17) is 14.5 Å². The van der Waals surface area contributed by atoms with Crippen molar-refractivity contribution < 1.29 is 22.3 Å². The van der Waals surface area contributed by atoms with Crippen LogP contribution < -0.4 is 9.47 Å². The number of ether oxygens (including phenoxy) is 2. The molecule has 5 rings (SSSR count). The highest BCUT2D eigenvalue weighted by Gasteiger charge is 2.32. The van der Waals surface area contributed by atoms with Crippen LogP contribution in [0.15, 0.2) is 76.6 Å². The van der Waals surface area contributed by atoms with Crippen LogP contribution in [0.2, 0.25) is 0 Å². The molecule has 0 amide bonds. The normalized spacial score (nSPS) is 16.2. The maximum Gasteiger partial charge on any atom is 0.243 e. The molecule has 0 saturated carbocycles. The van der Waals surface area contributed by atoms with Gasteiger partial charge in [-0.2, -0.15) is 4.31 Å². The van der Waals surface area contributed by atoms with Gasteiger partial charge in [0.1, 0.15) is 28.8 Å². The van der Waals surface area contributed by atoms with Gasteiger partial charge in [-0.3, -0.25) is 0 Å². The van der Waals surface area contributed by atoms with Gasteiger partial charge in [0.05, 0.1) is 17.6 Å². The van der Waals surface area contributed by atoms with Crippen molar-refractivity contribution in [1.82, 2.24) is 9.21 Å². The molecular weight excluding hydrogens is 445 g/mol. The average molecular weight is 468 g/mol. The minimum Gasteiger partial charge on any atom is -0.497 e. The molecule has 3 aromatic carbocycles. The number of rotatable bonds is 3. The number of hydrogen-bond donors (Lipinski definition) is 0. The van der Waals surface area contributed by atoms with Gasteiger partial charge in [-0.1, -0.05) is 18.2 Å². The Morgan fingerprint density at radius 1 is 0.939 bits per heavy atom. The van der Waals surface area contributed by atoms with Crippen LogP contribution in [0.4, 0.5) is 10.1 Å². The van der Waals surface area contributed by atoms with Crippen molar-refractivity contribution in [1.29, 1.82) is 0 Å². The molecule has 0 radical (unpaired) electrons. The Balaban J connectivity index is 1.46. The minimum absolute atomic E-state index is 0.0415. The molecular formula is C24H22FN3O4S. The third-order valence-corrected chi connectivity index (χ3v) is 7.61. The molecule has 2 aliphatic rings. The second kappa shape index (κ2) is 8.49. The molecule has 0 spiro atoms. The van der Waals surface area contributed by atoms with E-state index in [0.717, 1.165) is 11.6 Å². The van der Waals surface area contributed by atoms with E-state index in [1.807, 2.05) is 47.4 Å². The van der Waals surface area contributed by atoms with Crippen molar-refractivity contribution in [3.63, 3.8) is 0 Å². The summed E-state index contributed by atoms with van der Waals surface area (Å²) in [6.07, 6.45) is 0. The Morgan fingerprint density at radius 3 is 2.48 bits per heavy atom. The van der Waals surface area contributed by atoms with E-state index in [1.54, 1.807) is 7.11 Å². The summed E-state index contributed by atoms with van der Waals surface area (Å²) in [5.74, 6) is 2.08. The molecule has 0 N–H and O–H groups in total. The quantitative estimate of drug-likeness (QED) is 0.582. The number of piperazine rings is 1. The number of aliphatic imine (C=N–C) groups is 1. The van der Waals surface area contributed by atoms with Gasteiger partial charge in [0.2, 0.25) is 10.0 Å². The Labute approximate surface area is 191 Å². The highest BCUT2D eigenvalue weighted by molar-refractivity contribution is 7.89. The maximum atomic E-state index is 13.6. The zero-order chi connectivity index (χ0) is 23.0. The van der Waals surface area contributed by atoms with Gasteiger partial charge < -0.3 is 14.4 Å². The fourth-order valence-electron chi connectivity index (χ4n) is 3.99. The lowest BCUT2D eigenvalue weighted by atomic mass is 10.1. The van der Waals surface area contributed by atoms with Crippen LogP contribution in [-0.4, -0.2) is 56.7 Å². The van der Waals surface area contributed by atoms with Crippen LogP contribution in [0.1, 0.15) is 5.56 Å². The summed E-state index contributed by atoms with van der Waals surface area (Å²) in [5, 5.41) is 0. The Bertz CT molecular complexity index is 1340. The van der Waals surface area contributed by atoms with Crippen molar-refractivity contribution in [2.75, 3.05) is 33.3 Å². The van der Waals surface area contributed by atoms with Crippen molar-refractivity contribution >= 4 is 21.5 Å². The maximum absolute atomic E-state index is 13.6. The zero-order valence-electron chi connectivity index (χ0n) is 17.9. The minimum atomic E-state index is -3.78. The van der Waals surface area contributed by atoms with Crippen LogP contribution >= 0.6 is 0 Å². The number of halogens is 1. The highest BCUT2D eigenvalue weighted by Crippen LogP contribution is 2.39. The Kier molecular flexibility index (Phi) is 5.51. The van der Waals surface area contributed by atoms with Crippen molar-refractivity contribution in [2.24, 2.45) is 4.99 Å². The molecule has 1 fully saturated rings. The van der Waals surface area contributed by atoms with E-state index >= 15 is 0 Å². The summed E-state index contributed by atoms with van der Waals surface area (Å²) in [6, 6.07) is 18.2. The standard InChI is InChI=1S/C24H22FN3O4S/c1-31-18-9-10-22-20(16-18)24(26-21-7-2-3-8-23(21)32-22)27-11-13-28(14-12-27)33(29,30)19-6-4-5-17(25)15-19/h2-10,15-16H,11-14H2,1H3. The lowest BCUT2D eigenvalue weighted by Crippen LogP contribution is -2.50. The molecule has 9 heteroatoms. The fourth-order valence-corrected chi connectivity index (χ4v) is 5.44. The van der Waals surface area contributed by atoms with Crippen LogP contribution in [0.5, 0.6) is 17.2 Å². The van der Waals surface area contributed by atoms with Crippen LogP contribution in [0, 0.1) is 5.82 Å². The van der Waals surface area contributed by atoms with E-state index in [2.05, 4.69) is 0 Å². The number of benzene rings is 3. The molecule has 3 aromatic rings. The predicted molar refractivity (Wildman–Crippen MR) is 122 cm³/mol.